The largest absolute Gasteiger partial charge is 0.343 e. The van der Waals surface area contributed by atoms with Gasteiger partial charge in [0.2, 0.25) is 5.91 Å². The van der Waals surface area contributed by atoms with Gasteiger partial charge in [-0.05, 0) is 43.2 Å². The van der Waals surface area contributed by atoms with Crippen LogP contribution in [0.5, 0.6) is 0 Å². The van der Waals surface area contributed by atoms with Crippen molar-refractivity contribution in [3.63, 3.8) is 0 Å². The molecule has 0 fully saturated rings. The van der Waals surface area contributed by atoms with Gasteiger partial charge in [-0.15, -0.1) is 0 Å². The molecule has 2 aromatic rings. The van der Waals surface area contributed by atoms with Crippen molar-refractivity contribution in [3.8, 4) is 0 Å². The number of hydrogen-bond acceptors (Lipinski definition) is 3. The summed E-state index contributed by atoms with van der Waals surface area (Å²) in [7, 11) is 0. The molecule has 1 aromatic carbocycles. The van der Waals surface area contributed by atoms with Crippen molar-refractivity contribution in [3.05, 3.63) is 59.4 Å². The average Bonchev–Trinajstić information content (AvgIpc) is 2.49. The smallest absolute Gasteiger partial charge is 0.253 e. The highest BCUT2D eigenvalue weighted by Crippen LogP contribution is 2.15. The monoisotopic (exact) mass is 283 g/mol. The Morgan fingerprint density at radius 2 is 2.00 bits per heavy atom. The summed E-state index contributed by atoms with van der Waals surface area (Å²) in [5.41, 5.74) is 3.23. The van der Waals surface area contributed by atoms with Gasteiger partial charge >= 0.3 is 0 Å². The van der Waals surface area contributed by atoms with Gasteiger partial charge < -0.3 is 10.6 Å². The number of carbonyl (C=O) groups is 2. The molecule has 1 aromatic heterocycles. The van der Waals surface area contributed by atoms with Gasteiger partial charge in [0.1, 0.15) is 0 Å². The Morgan fingerprint density at radius 3 is 2.71 bits per heavy atom. The van der Waals surface area contributed by atoms with Crippen LogP contribution >= 0.6 is 0 Å². The minimum Gasteiger partial charge on any atom is -0.343 e. The molecule has 0 saturated heterocycles. The fraction of sp³-hybridized carbons (Fsp3) is 0.188. The summed E-state index contributed by atoms with van der Waals surface area (Å²) in [6.45, 7) is 3.80. The van der Waals surface area contributed by atoms with Crippen molar-refractivity contribution in [2.24, 2.45) is 0 Å². The van der Waals surface area contributed by atoms with Gasteiger partial charge in [-0.1, -0.05) is 12.1 Å². The topological polar surface area (TPSA) is 71.1 Å². The van der Waals surface area contributed by atoms with E-state index in [0.29, 0.717) is 5.56 Å². The van der Waals surface area contributed by atoms with E-state index < -0.39 is 0 Å². The van der Waals surface area contributed by atoms with Crippen molar-refractivity contribution in [1.82, 2.24) is 10.3 Å². The summed E-state index contributed by atoms with van der Waals surface area (Å²) in [6, 6.07) is 9.14. The molecule has 21 heavy (non-hydrogen) atoms. The standard InChI is InChI=1S/C16H17N3O2/c1-11-5-6-12(2)14(8-11)19-15(20)10-18-16(21)13-4-3-7-17-9-13/h3-9H,10H2,1-2H3,(H,18,21)(H,19,20). The zero-order valence-corrected chi connectivity index (χ0v) is 12.0. The first-order valence-electron chi connectivity index (χ1n) is 6.61. The second-order valence-electron chi connectivity index (χ2n) is 4.79. The normalized spacial score (nSPS) is 10.0. The van der Waals surface area contributed by atoms with E-state index in [0.717, 1.165) is 16.8 Å². The average molecular weight is 283 g/mol. The molecule has 5 heteroatoms. The number of rotatable bonds is 4. The number of carbonyl (C=O) groups excluding carboxylic acids is 2. The molecule has 0 aliphatic rings. The van der Waals surface area contributed by atoms with Crippen molar-refractivity contribution in [2.75, 3.05) is 11.9 Å². The lowest BCUT2D eigenvalue weighted by Gasteiger charge is -2.10. The van der Waals surface area contributed by atoms with Gasteiger partial charge in [-0.25, -0.2) is 0 Å². The van der Waals surface area contributed by atoms with E-state index in [-0.39, 0.29) is 18.4 Å². The van der Waals surface area contributed by atoms with Gasteiger partial charge in [0.05, 0.1) is 12.1 Å². The maximum absolute atomic E-state index is 11.9. The van der Waals surface area contributed by atoms with E-state index in [4.69, 9.17) is 0 Å². The number of anilines is 1. The van der Waals surface area contributed by atoms with Crippen LogP contribution in [0.4, 0.5) is 5.69 Å². The van der Waals surface area contributed by atoms with E-state index in [1.807, 2.05) is 32.0 Å². The van der Waals surface area contributed by atoms with Crippen molar-refractivity contribution in [1.29, 1.82) is 0 Å². The second-order valence-corrected chi connectivity index (χ2v) is 4.79. The maximum atomic E-state index is 11.9. The zero-order valence-electron chi connectivity index (χ0n) is 12.0. The van der Waals surface area contributed by atoms with Gasteiger partial charge in [-0.3, -0.25) is 14.6 Å². The van der Waals surface area contributed by atoms with Crippen LogP contribution in [-0.2, 0) is 4.79 Å². The molecular formula is C16H17N3O2. The lowest BCUT2D eigenvalue weighted by Crippen LogP contribution is -2.33. The maximum Gasteiger partial charge on any atom is 0.253 e. The Balaban J connectivity index is 1.91. The number of pyridine rings is 1. The first-order chi connectivity index (χ1) is 10.1. The van der Waals surface area contributed by atoms with Crippen molar-refractivity contribution >= 4 is 17.5 Å². The molecule has 2 N–H and O–H groups in total. The Morgan fingerprint density at radius 1 is 1.19 bits per heavy atom. The van der Waals surface area contributed by atoms with Crippen LogP contribution in [0.25, 0.3) is 0 Å². The van der Waals surface area contributed by atoms with Crippen LogP contribution in [0.3, 0.4) is 0 Å². The number of aryl methyl sites for hydroxylation is 2. The van der Waals surface area contributed by atoms with E-state index in [1.165, 1.54) is 6.20 Å². The highest BCUT2D eigenvalue weighted by Gasteiger charge is 2.09. The van der Waals surface area contributed by atoms with Crippen molar-refractivity contribution in [2.45, 2.75) is 13.8 Å². The number of hydrogen-bond donors (Lipinski definition) is 2. The van der Waals surface area contributed by atoms with Crippen LogP contribution in [0.15, 0.2) is 42.7 Å². The molecule has 0 aliphatic heterocycles. The number of nitrogens with zero attached hydrogens (tertiary/aromatic N) is 1. The predicted molar refractivity (Wildman–Crippen MR) is 81.1 cm³/mol. The lowest BCUT2D eigenvalue weighted by molar-refractivity contribution is -0.115. The first kappa shape index (κ1) is 14.7. The Kier molecular flexibility index (Phi) is 4.66. The van der Waals surface area contributed by atoms with E-state index in [2.05, 4.69) is 15.6 Å². The van der Waals surface area contributed by atoms with Gasteiger partial charge in [0, 0.05) is 18.1 Å². The van der Waals surface area contributed by atoms with Crippen LogP contribution in [0.1, 0.15) is 21.5 Å². The molecular weight excluding hydrogens is 266 g/mol. The third-order valence-electron chi connectivity index (χ3n) is 3.00. The molecule has 0 radical (unpaired) electrons. The fourth-order valence-electron chi connectivity index (χ4n) is 1.82. The van der Waals surface area contributed by atoms with Gasteiger partial charge in [0.25, 0.3) is 5.91 Å². The molecule has 108 valence electrons. The van der Waals surface area contributed by atoms with Gasteiger partial charge in [-0.2, -0.15) is 0 Å². The summed E-state index contributed by atoms with van der Waals surface area (Å²) in [4.78, 5) is 27.5. The first-order valence-corrected chi connectivity index (χ1v) is 6.61. The van der Waals surface area contributed by atoms with Crippen LogP contribution < -0.4 is 10.6 Å². The molecule has 1 heterocycles. The second kappa shape index (κ2) is 6.65. The highest BCUT2D eigenvalue weighted by atomic mass is 16.2. The minimum atomic E-state index is -0.320. The van der Waals surface area contributed by atoms with E-state index in [9.17, 15) is 9.59 Å². The summed E-state index contributed by atoms with van der Waals surface area (Å²) < 4.78 is 0. The number of benzene rings is 1. The third kappa shape index (κ3) is 4.14. The molecule has 2 amide bonds. The summed E-state index contributed by atoms with van der Waals surface area (Å²) >= 11 is 0. The fourth-order valence-corrected chi connectivity index (χ4v) is 1.82. The molecule has 5 nitrogen and oxygen atoms in total. The number of amides is 2. The Labute approximate surface area is 123 Å². The van der Waals surface area contributed by atoms with Crippen LogP contribution in [0, 0.1) is 13.8 Å². The summed E-state index contributed by atoms with van der Waals surface area (Å²) in [5.74, 6) is -0.583. The minimum absolute atomic E-state index is 0.0822. The van der Waals surface area contributed by atoms with E-state index in [1.54, 1.807) is 18.3 Å². The van der Waals surface area contributed by atoms with Gasteiger partial charge in [0.15, 0.2) is 0 Å². The molecule has 0 spiro atoms. The molecule has 0 unspecified atom stereocenters. The quantitative estimate of drug-likeness (QED) is 0.902. The van der Waals surface area contributed by atoms with Crippen LogP contribution in [0.2, 0.25) is 0 Å². The third-order valence-corrected chi connectivity index (χ3v) is 3.00. The molecule has 0 saturated carbocycles. The van der Waals surface area contributed by atoms with E-state index >= 15 is 0 Å². The predicted octanol–water partition coefficient (Wildman–Crippen LogP) is 2.07. The molecule has 2 rings (SSSR count). The highest BCUT2D eigenvalue weighted by molar-refractivity contribution is 5.99. The lowest BCUT2D eigenvalue weighted by atomic mass is 10.1. The summed E-state index contributed by atoms with van der Waals surface area (Å²) in [5, 5.41) is 5.35. The molecule has 0 atom stereocenters. The molecule has 0 bridgehead atoms. The Bertz CT molecular complexity index is 654. The van der Waals surface area contributed by atoms with Crippen LogP contribution in [-0.4, -0.2) is 23.3 Å². The van der Waals surface area contributed by atoms with Crippen molar-refractivity contribution < 1.29 is 9.59 Å². The summed E-state index contributed by atoms with van der Waals surface area (Å²) in [6.07, 6.45) is 3.04. The zero-order chi connectivity index (χ0) is 15.2. The SMILES string of the molecule is Cc1ccc(C)c(NC(=O)CNC(=O)c2cccnc2)c1. The number of nitrogens with one attached hydrogen (secondary N) is 2. The Hall–Kier alpha value is -2.69. The number of aromatic nitrogens is 1. The molecule has 0 aliphatic carbocycles.